The minimum absolute atomic E-state index is 0.189. The van der Waals surface area contributed by atoms with Crippen LogP contribution in [0.4, 0.5) is 14.6 Å². The molecule has 1 aromatic heterocycles. The molecular formula is C17H20F2N4O. The number of nitrogens with one attached hydrogen (secondary N) is 1. The molecule has 2 heterocycles. The number of anilines is 1. The minimum Gasteiger partial charge on any atom is -0.507 e. The monoisotopic (exact) mass is 334 g/mol. The molecule has 2 N–H and O–H groups in total. The Bertz CT molecular complexity index is 741. The summed E-state index contributed by atoms with van der Waals surface area (Å²) < 4.78 is 27.1. The van der Waals surface area contributed by atoms with Gasteiger partial charge in [-0.2, -0.15) is 0 Å². The van der Waals surface area contributed by atoms with E-state index in [1.165, 1.54) is 12.1 Å². The topological polar surface area (TPSA) is 61.3 Å². The van der Waals surface area contributed by atoms with Gasteiger partial charge in [0.25, 0.3) is 0 Å². The van der Waals surface area contributed by atoms with E-state index < -0.39 is 12.0 Å². The van der Waals surface area contributed by atoms with E-state index in [4.69, 9.17) is 0 Å². The second-order valence-corrected chi connectivity index (χ2v) is 6.24. The zero-order chi connectivity index (χ0) is 17.3. The van der Waals surface area contributed by atoms with Crippen molar-refractivity contribution >= 4 is 5.82 Å². The van der Waals surface area contributed by atoms with Crippen molar-refractivity contribution < 1.29 is 13.9 Å². The van der Waals surface area contributed by atoms with Crippen molar-refractivity contribution in [3.63, 3.8) is 0 Å². The number of likely N-dealkylation sites (tertiary alicyclic amines) is 1. The van der Waals surface area contributed by atoms with Gasteiger partial charge in [-0.15, -0.1) is 10.2 Å². The number of aromatic hydroxyl groups is 1. The number of aromatic nitrogens is 2. The zero-order valence-corrected chi connectivity index (χ0v) is 13.6. The molecular weight excluding hydrogens is 314 g/mol. The first-order valence-corrected chi connectivity index (χ1v) is 7.86. The minimum atomic E-state index is -0.927. The Morgan fingerprint density at radius 2 is 2.08 bits per heavy atom. The predicted octanol–water partition coefficient (Wildman–Crippen LogP) is 2.75. The zero-order valence-electron chi connectivity index (χ0n) is 13.6. The Hall–Kier alpha value is -2.28. The van der Waals surface area contributed by atoms with Gasteiger partial charge >= 0.3 is 0 Å². The van der Waals surface area contributed by atoms with Crippen LogP contribution in [0.2, 0.25) is 0 Å². The van der Waals surface area contributed by atoms with E-state index in [1.807, 2.05) is 14.0 Å². The van der Waals surface area contributed by atoms with Gasteiger partial charge in [0.05, 0.1) is 11.7 Å². The van der Waals surface area contributed by atoms with Crippen LogP contribution in [0.25, 0.3) is 11.3 Å². The van der Waals surface area contributed by atoms with Crippen molar-refractivity contribution in [3.8, 4) is 17.0 Å². The molecule has 0 spiro atoms. The lowest BCUT2D eigenvalue weighted by molar-refractivity contribution is 0.157. The fraction of sp³-hybridized carbons (Fsp3) is 0.412. The van der Waals surface area contributed by atoms with Crippen LogP contribution in [0, 0.1) is 12.7 Å². The summed E-state index contributed by atoms with van der Waals surface area (Å²) in [5.41, 5.74) is 1.64. The molecule has 1 fully saturated rings. The van der Waals surface area contributed by atoms with Crippen LogP contribution in [0.1, 0.15) is 12.0 Å². The molecule has 2 atom stereocenters. The van der Waals surface area contributed by atoms with Gasteiger partial charge in [0.15, 0.2) is 0 Å². The van der Waals surface area contributed by atoms with E-state index in [0.717, 1.165) is 18.2 Å². The average Bonchev–Trinajstić information content (AvgIpc) is 2.52. The molecule has 3 rings (SSSR count). The average molecular weight is 334 g/mol. The van der Waals surface area contributed by atoms with Gasteiger partial charge in [-0.25, -0.2) is 8.78 Å². The van der Waals surface area contributed by atoms with E-state index in [1.54, 1.807) is 6.07 Å². The number of phenols is 1. The lowest BCUT2D eigenvalue weighted by Crippen LogP contribution is -2.47. The number of rotatable bonds is 3. The number of hydrogen-bond acceptors (Lipinski definition) is 5. The quantitative estimate of drug-likeness (QED) is 0.904. The fourth-order valence-electron chi connectivity index (χ4n) is 2.94. The van der Waals surface area contributed by atoms with Gasteiger partial charge in [0.2, 0.25) is 0 Å². The van der Waals surface area contributed by atoms with Crippen molar-refractivity contribution in [2.24, 2.45) is 0 Å². The summed E-state index contributed by atoms with van der Waals surface area (Å²) in [4.78, 5) is 2.07. The second-order valence-electron chi connectivity index (χ2n) is 6.24. The molecule has 0 amide bonds. The van der Waals surface area contributed by atoms with Crippen molar-refractivity contribution in [3.05, 3.63) is 35.6 Å². The molecule has 2 aromatic rings. The highest BCUT2D eigenvalue weighted by molar-refractivity contribution is 5.69. The van der Waals surface area contributed by atoms with Gasteiger partial charge in [0.1, 0.15) is 23.6 Å². The first-order chi connectivity index (χ1) is 11.4. The molecule has 24 heavy (non-hydrogen) atoms. The number of aryl methyl sites for hydroxylation is 1. The first-order valence-electron chi connectivity index (χ1n) is 7.86. The Balaban J connectivity index is 1.82. The Morgan fingerprint density at radius 3 is 2.79 bits per heavy atom. The Labute approximate surface area is 139 Å². The van der Waals surface area contributed by atoms with Crippen LogP contribution in [0.3, 0.4) is 0 Å². The molecule has 0 aliphatic carbocycles. The highest BCUT2D eigenvalue weighted by atomic mass is 19.1. The van der Waals surface area contributed by atoms with Crippen LogP contribution < -0.4 is 5.32 Å². The number of benzene rings is 1. The van der Waals surface area contributed by atoms with Crippen LogP contribution in [-0.2, 0) is 0 Å². The maximum absolute atomic E-state index is 14.0. The molecule has 7 heteroatoms. The summed E-state index contributed by atoms with van der Waals surface area (Å²) in [6.07, 6.45) is -0.439. The van der Waals surface area contributed by atoms with E-state index in [9.17, 15) is 13.9 Å². The number of halogens is 2. The van der Waals surface area contributed by atoms with Gasteiger partial charge in [0, 0.05) is 24.7 Å². The van der Waals surface area contributed by atoms with Crippen molar-refractivity contribution in [1.29, 1.82) is 0 Å². The van der Waals surface area contributed by atoms with Crippen LogP contribution in [-0.4, -0.2) is 52.6 Å². The molecule has 0 radical (unpaired) electrons. The van der Waals surface area contributed by atoms with Gasteiger partial charge in [-0.05, 0) is 44.2 Å². The maximum atomic E-state index is 14.0. The molecule has 0 bridgehead atoms. The first kappa shape index (κ1) is 16.6. The molecule has 0 unspecified atom stereocenters. The summed E-state index contributed by atoms with van der Waals surface area (Å²) in [5, 5.41) is 21.2. The van der Waals surface area contributed by atoms with Crippen LogP contribution in [0.15, 0.2) is 24.3 Å². The number of piperidine rings is 1. The third-order valence-electron chi connectivity index (χ3n) is 4.26. The lowest BCUT2D eigenvalue weighted by Gasteiger charge is -2.33. The van der Waals surface area contributed by atoms with E-state index in [-0.39, 0.29) is 11.8 Å². The number of likely N-dealkylation sites (N-methyl/N-ethyl adjacent to an activating group) is 1. The van der Waals surface area contributed by atoms with Crippen molar-refractivity contribution in [1.82, 2.24) is 15.1 Å². The molecule has 1 saturated heterocycles. The normalized spacial score (nSPS) is 21.7. The summed E-state index contributed by atoms with van der Waals surface area (Å²) in [7, 11) is 1.96. The summed E-state index contributed by atoms with van der Waals surface area (Å²) in [6, 6.07) is 5.18. The number of phenolic OH excluding ortho intramolecular Hbond substituents is 1. The highest BCUT2D eigenvalue weighted by Crippen LogP contribution is 2.30. The number of hydrogen-bond donors (Lipinski definition) is 2. The maximum Gasteiger partial charge on any atom is 0.149 e. The Kier molecular flexibility index (Phi) is 4.62. The summed E-state index contributed by atoms with van der Waals surface area (Å²) >= 11 is 0. The molecule has 0 saturated carbocycles. The SMILES string of the molecule is Cc1cc(N[C@H]2CN(C)CC[C@H]2F)nnc1-c1ccc(F)cc1O. The van der Waals surface area contributed by atoms with Gasteiger partial charge in [-0.1, -0.05) is 0 Å². The lowest BCUT2D eigenvalue weighted by atomic mass is 10.0. The van der Waals surface area contributed by atoms with E-state index in [0.29, 0.717) is 30.0 Å². The largest absolute Gasteiger partial charge is 0.507 e. The third kappa shape index (κ3) is 3.46. The van der Waals surface area contributed by atoms with Gasteiger partial charge in [-0.3, -0.25) is 0 Å². The standard InChI is InChI=1S/C17H20F2N4O/c1-10-7-16(20-14-9-23(2)6-5-13(14)19)21-22-17(10)12-4-3-11(18)8-15(12)24/h3-4,7-8,13-14,24H,5-6,9H2,1-2H3,(H,20,21)/t13-,14+/m1/s1. The molecule has 5 nitrogen and oxygen atoms in total. The molecule has 1 aliphatic heterocycles. The fourth-order valence-corrected chi connectivity index (χ4v) is 2.94. The summed E-state index contributed by atoms with van der Waals surface area (Å²) in [5.74, 6) is -0.220. The van der Waals surface area contributed by atoms with Crippen molar-refractivity contribution in [2.45, 2.75) is 25.6 Å². The second kappa shape index (κ2) is 6.68. The number of alkyl halides is 1. The highest BCUT2D eigenvalue weighted by Gasteiger charge is 2.27. The van der Waals surface area contributed by atoms with Crippen molar-refractivity contribution in [2.75, 3.05) is 25.5 Å². The third-order valence-corrected chi connectivity index (χ3v) is 4.26. The van der Waals surface area contributed by atoms with E-state index in [2.05, 4.69) is 20.4 Å². The smallest absolute Gasteiger partial charge is 0.149 e. The summed E-state index contributed by atoms with van der Waals surface area (Å²) in [6.45, 7) is 3.16. The van der Waals surface area contributed by atoms with E-state index >= 15 is 0 Å². The van der Waals surface area contributed by atoms with Crippen LogP contribution >= 0.6 is 0 Å². The number of nitrogens with zero attached hydrogens (tertiary/aromatic N) is 3. The van der Waals surface area contributed by atoms with Crippen LogP contribution in [0.5, 0.6) is 5.75 Å². The van der Waals surface area contributed by atoms with Gasteiger partial charge < -0.3 is 15.3 Å². The Morgan fingerprint density at radius 1 is 1.29 bits per heavy atom. The molecule has 1 aromatic carbocycles. The molecule has 128 valence electrons. The predicted molar refractivity (Wildman–Crippen MR) is 88.2 cm³/mol. The molecule has 1 aliphatic rings.